The van der Waals surface area contributed by atoms with Crippen LogP contribution in [0.15, 0.2) is 75.1 Å². The van der Waals surface area contributed by atoms with Gasteiger partial charge in [-0.15, -0.1) is 22.7 Å². The van der Waals surface area contributed by atoms with Crippen molar-refractivity contribution in [2.45, 2.75) is 9.10 Å². The number of ether oxygens (including phenoxy) is 2. The van der Waals surface area contributed by atoms with Gasteiger partial charge in [-0.25, -0.2) is 9.78 Å². The van der Waals surface area contributed by atoms with Crippen molar-refractivity contribution < 1.29 is 14.3 Å². The van der Waals surface area contributed by atoms with Crippen molar-refractivity contribution in [2.24, 2.45) is 0 Å². The highest BCUT2D eigenvalue weighted by atomic mass is 32.2. The monoisotopic (exact) mass is 439 g/mol. The Morgan fingerprint density at radius 3 is 2.48 bits per heavy atom. The minimum Gasteiger partial charge on any atom is -0.497 e. The average Bonchev–Trinajstić information content (AvgIpc) is 3.42. The van der Waals surface area contributed by atoms with E-state index in [0.29, 0.717) is 4.88 Å². The summed E-state index contributed by atoms with van der Waals surface area (Å²) in [7, 11) is 3.05. The second-order valence-electron chi connectivity index (χ2n) is 5.98. The first-order valence-corrected chi connectivity index (χ1v) is 11.2. The molecule has 146 valence electrons. The molecule has 0 radical (unpaired) electrons. The summed E-state index contributed by atoms with van der Waals surface area (Å²) in [4.78, 5) is 18.6. The smallest absolute Gasteiger partial charge is 0.348 e. The second kappa shape index (κ2) is 8.82. The zero-order chi connectivity index (χ0) is 20.2. The summed E-state index contributed by atoms with van der Waals surface area (Å²) in [6.07, 6.45) is 0. The predicted octanol–water partition coefficient (Wildman–Crippen LogP) is 6.49. The summed E-state index contributed by atoms with van der Waals surface area (Å²) in [5.74, 6) is 0.473. The van der Waals surface area contributed by atoms with Gasteiger partial charge in [0.25, 0.3) is 0 Å². The Hall–Kier alpha value is -2.61. The molecule has 4 nitrogen and oxygen atoms in total. The first-order valence-electron chi connectivity index (χ1n) is 8.73. The van der Waals surface area contributed by atoms with Crippen molar-refractivity contribution in [3.8, 4) is 27.6 Å². The molecule has 2 heterocycles. The van der Waals surface area contributed by atoms with E-state index in [0.717, 1.165) is 36.7 Å². The van der Waals surface area contributed by atoms with E-state index in [-0.39, 0.29) is 5.97 Å². The Morgan fingerprint density at radius 1 is 1.03 bits per heavy atom. The molecular formula is C22H17NO3S3. The lowest BCUT2D eigenvalue weighted by molar-refractivity contribution is 0.0606. The van der Waals surface area contributed by atoms with E-state index in [1.165, 1.54) is 18.4 Å². The summed E-state index contributed by atoms with van der Waals surface area (Å²) >= 11 is 4.60. The van der Waals surface area contributed by atoms with Crippen LogP contribution in [0.25, 0.3) is 21.8 Å². The fourth-order valence-corrected chi connectivity index (χ4v) is 5.96. The van der Waals surface area contributed by atoms with Gasteiger partial charge in [-0.05, 0) is 30.3 Å². The molecule has 0 aliphatic rings. The van der Waals surface area contributed by atoms with Crippen LogP contribution in [0.5, 0.6) is 5.75 Å². The number of esters is 1. The van der Waals surface area contributed by atoms with Gasteiger partial charge in [0, 0.05) is 21.4 Å². The SMILES string of the molecule is COC(=O)c1cc(-c2nc(-c3ccccc3)cs2)c(Sc2ccc(OC)cc2)s1. The van der Waals surface area contributed by atoms with Crippen molar-refractivity contribution in [2.75, 3.05) is 14.2 Å². The van der Waals surface area contributed by atoms with E-state index < -0.39 is 0 Å². The van der Waals surface area contributed by atoms with Crippen LogP contribution in [-0.2, 0) is 4.74 Å². The Morgan fingerprint density at radius 2 is 1.79 bits per heavy atom. The zero-order valence-corrected chi connectivity index (χ0v) is 18.2. The number of thiazole rings is 1. The molecule has 0 amide bonds. The van der Waals surface area contributed by atoms with Crippen molar-refractivity contribution in [1.82, 2.24) is 4.98 Å². The molecule has 0 saturated carbocycles. The van der Waals surface area contributed by atoms with Gasteiger partial charge in [-0.1, -0.05) is 42.1 Å². The topological polar surface area (TPSA) is 48.4 Å². The van der Waals surface area contributed by atoms with Gasteiger partial charge < -0.3 is 9.47 Å². The Kier molecular flexibility index (Phi) is 5.99. The maximum atomic E-state index is 12.1. The number of methoxy groups -OCH3 is 2. The lowest BCUT2D eigenvalue weighted by atomic mass is 10.2. The highest BCUT2D eigenvalue weighted by Crippen LogP contribution is 2.44. The number of aromatic nitrogens is 1. The molecule has 0 atom stereocenters. The predicted molar refractivity (Wildman–Crippen MR) is 119 cm³/mol. The quantitative estimate of drug-likeness (QED) is 0.322. The molecular weight excluding hydrogens is 422 g/mol. The van der Waals surface area contributed by atoms with Crippen LogP contribution in [0.3, 0.4) is 0 Å². The van der Waals surface area contributed by atoms with Gasteiger partial charge in [0.15, 0.2) is 0 Å². The van der Waals surface area contributed by atoms with Gasteiger partial charge in [0.05, 0.1) is 24.1 Å². The Bertz CT molecular complexity index is 1120. The Labute approximate surface area is 181 Å². The summed E-state index contributed by atoms with van der Waals surface area (Å²) in [5, 5.41) is 2.92. The minimum atomic E-state index is -0.335. The summed E-state index contributed by atoms with van der Waals surface area (Å²) in [6, 6.07) is 19.8. The van der Waals surface area contributed by atoms with E-state index in [4.69, 9.17) is 14.5 Å². The molecule has 0 aliphatic heterocycles. The molecule has 0 bridgehead atoms. The molecule has 4 rings (SSSR count). The van der Waals surface area contributed by atoms with Crippen molar-refractivity contribution in [3.63, 3.8) is 0 Å². The number of nitrogens with zero attached hydrogens (tertiary/aromatic N) is 1. The van der Waals surface area contributed by atoms with E-state index in [2.05, 4.69) is 0 Å². The third kappa shape index (κ3) is 4.37. The van der Waals surface area contributed by atoms with Crippen LogP contribution in [0.4, 0.5) is 0 Å². The second-order valence-corrected chi connectivity index (χ2v) is 9.24. The van der Waals surface area contributed by atoms with Crippen LogP contribution < -0.4 is 4.74 Å². The van der Waals surface area contributed by atoms with E-state index in [1.54, 1.807) is 30.2 Å². The molecule has 7 heteroatoms. The van der Waals surface area contributed by atoms with E-state index in [1.807, 2.05) is 66.0 Å². The number of hydrogen-bond acceptors (Lipinski definition) is 7. The lowest BCUT2D eigenvalue weighted by Gasteiger charge is -2.03. The molecule has 0 fully saturated rings. The van der Waals surface area contributed by atoms with Crippen molar-refractivity contribution >= 4 is 40.4 Å². The van der Waals surface area contributed by atoms with E-state index in [9.17, 15) is 4.79 Å². The zero-order valence-electron chi connectivity index (χ0n) is 15.7. The van der Waals surface area contributed by atoms with Gasteiger partial charge in [0.2, 0.25) is 0 Å². The summed E-state index contributed by atoms with van der Waals surface area (Å²) in [5.41, 5.74) is 2.95. The molecule has 0 aliphatic carbocycles. The largest absolute Gasteiger partial charge is 0.497 e. The average molecular weight is 440 g/mol. The standard InChI is InChI=1S/C22H17NO3S3/c1-25-15-8-10-16(11-9-15)28-22-17(12-19(29-22)21(24)26-2)20-23-18(13-27-20)14-6-4-3-5-7-14/h3-13H,1-2H3. The van der Waals surface area contributed by atoms with Crippen LogP contribution in [0.2, 0.25) is 0 Å². The normalized spacial score (nSPS) is 10.7. The lowest BCUT2D eigenvalue weighted by Crippen LogP contribution is -1.96. The number of rotatable bonds is 6. The fraction of sp³-hybridized carbons (Fsp3) is 0.0909. The third-order valence-electron chi connectivity index (χ3n) is 4.16. The van der Waals surface area contributed by atoms with Crippen LogP contribution in [0.1, 0.15) is 9.67 Å². The molecule has 2 aromatic heterocycles. The summed E-state index contributed by atoms with van der Waals surface area (Å²) < 4.78 is 11.2. The number of hydrogen-bond donors (Lipinski definition) is 0. The van der Waals surface area contributed by atoms with Gasteiger partial charge in [0.1, 0.15) is 15.6 Å². The first kappa shape index (κ1) is 19.7. The molecule has 0 saturated heterocycles. The number of carbonyl (C=O) groups excluding carboxylic acids is 1. The maximum absolute atomic E-state index is 12.1. The Balaban J connectivity index is 1.70. The molecule has 2 aromatic carbocycles. The van der Waals surface area contributed by atoms with Crippen LogP contribution >= 0.6 is 34.4 Å². The fourth-order valence-electron chi connectivity index (χ4n) is 2.69. The highest BCUT2D eigenvalue weighted by Gasteiger charge is 2.20. The third-order valence-corrected chi connectivity index (χ3v) is 7.36. The maximum Gasteiger partial charge on any atom is 0.348 e. The molecule has 29 heavy (non-hydrogen) atoms. The molecule has 0 N–H and O–H groups in total. The first-order chi connectivity index (χ1) is 14.2. The summed E-state index contributed by atoms with van der Waals surface area (Å²) in [6.45, 7) is 0. The molecule has 0 unspecified atom stereocenters. The van der Waals surface area contributed by atoms with Gasteiger partial charge in [-0.3, -0.25) is 0 Å². The molecule has 0 spiro atoms. The highest BCUT2D eigenvalue weighted by molar-refractivity contribution is 8.01. The van der Waals surface area contributed by atoms with Crippen LogP contribution in [0, 0.1) is 0 Å². The minimum absolute atomic E-state index is 0.335. The number of carbonyl (C=O) groups is 1. The van der Waals surface area contributed by atoms with Crippen molar-refractivity contribution in [3.05, 3.63) is 70.9 Å². The van der Waals surface area contributed by atoms with E-state index >= 15 is 0 Å². The van der Waals surface area contributed by atoms with Crippen LogP contribution in [-0.4, -0.2) is 25.2 Å². The van der Waals surface area contributed by atoms with Crippen molar-refractivity contribution in [1.29, 1.82) is 0 Å². The van der Waals surface area contributed by atoms with Gasteiger partial charge in [-0.2, -0.15) is 0 Å². The molecule has 4 aromatic rings. The van der Waals surface area contributed by atoms with Gasteiger partial charge >= 0.3 is 5.97 Å². The number of benzene rings is 2. The number of thiophene rings is 1.